The molecule has 0 aliphatic heterocycles. The van der Waals surface area contributed by atoms with Crippen LogP contribution in [0.25, 0.3) is 17.2 Å². The van der Waals surface area contributed by atoms with Crippen molar-refractivity contribution in [2.24, 2.45) is 0 Å². The lowest BCUT2D eigenvalue weighted by Crippen LogP contribution is -1.98. The fourth-order valence-electron chi connectivity index (χ4n) is 1.98. The van der Waals surface area contributed by atoms with Gasteiger partial charge in [0.05, 0.1) is 6.61 Å². The highest BCUT2D eigenvalue weighted by Gasteiger charge is 2.15. The first-order valence-corrected chi connectivity index (χ1v) is 6.61. The summed E-state index contributed by atoms with van der Waals surface area (Å²) in [5.41, 5.74) is 1.51. The molecule has 0 bridgehead atoms. The van der Waals surface area contributed by atoms with Gasteiger partial charge in [0.15, 0.2) is 11.6 Å². The van der Waals surface area contributed by atoms with Gasteiger partial charge in [-0.1, -0.05) is 36.4 Å². The first-order valence-electron chi connectivity index (χ1n) is 6.61. The van der Waals surface area contributed by atoms with E-state index in [0.717, 1.165) is 5.56 Å². The van der Waals surface area contributed by atoms with Gasteiger partial charge in [0, 0.05) is 5.56 Å². The second-order valence-corrected chi connectivity index (χ2v) is 4.35. The Kier molecular flexibility index (Phi) is 5.04. The van der Waals surface area contributed by atoms with Gasteiger partial charge in [-0.15, -0.1) is 0 Å². The Bertz CT molecular complexity index is 633. The Hall–Kier alpha value is -2.23. The molecule has 4 heteroatoms. The summed E-state index contributed by atoms with van der Waals surface area (Å²) in [6.45, 7) is 1.43. The van der Waals surface area contributed by atoms with Crippen LogP contribution < -0.4 is 4.74 Å². The summed E-state index contributed by atoms with van der Waals surface area (Å²) in [7, 11) is 0. The molecule has 0 saturated carbocycles. The van der Waals surface area contributed by atoms with Gasteiger partial charge in [-0.2, -0.15) is 4.39 Å². The summed E-state index contributed by atoms with van der Waals surface area (Å²) in [6.07, 6.45) is 3.01. The highest BCUT2D eigenvalue weighted by atomic mass is 19.2. The lowest BCUT2D eigenvalue weighted by Gasteiger charge is -2.09. The van der Waals surface area contributed by atoms with Crippen LogP contribution in [-0.4, -0.2) is 13.3 Å². The molecule has 0 N–H and O–H groups in total. The molecule has 0 saturated heterocycles. The van der Waals surface area contributed by atoms with Crippen LogP contribution in [0, 0.1) is 11.6 Å². The highest BCUT2D eigenvalue weighted by Crippen LogP contribution is 2.30. The van der Waals surface area contributed by atoms with Gasteiger partial charge in [0.2, 0.25) is 5.82 Å². The minimum Gasteiger partial charge on any atom is -0.491 e. The van der Waals surface area contributed by atoms with E-state index in [9.17, 15) is 13.2 Å². The van der Waals surface area contributed by atoms with E-state index in [4.69, 9.17) is 4.74 Å². The Labute approximate surface area is 121 Å². The van der Waals surface area contributed by atoms with E-state index in [-0.39, 0.29) is 17.9 Å². The molecule has 0 fully saturated rings. The van der Waals surface area contributed by atoms with Gasteiger partial charge in [-0.25, -0.2) is 8.78 Å². The lowest BCUT2D eigenvalue weighted by molar-refractivity contribution is 0.314. The lowest BCUT2D eigenvalue weighted by atomic mass is 10.0. The summed E-state index contributed by atoms with van der Waals surface area (Å²) < 4.78 is 44.9. The van der Waals surface area contributed by atoms with E-state index in [0.29, 0.717) is 5.56 Å². The molecule has 0 unspecified atom stereocenters. The maximum Gasteiger partial charge on any atom is 0.201 e. The Morgan fingerprint density at radius 1 is 1.00 bits per heavy atom. The molecule has 0 atom stereocenters. The van der Waals surface area contributed by atoms with Crippen molar-refractivity contribution in [3.05, 3.63) is 59.7 Å². The highest BCUT2D eigenvalue weighted by molar-refractivity contribution is 5.67. The molecule has 1 nitrogen and oxygen atoms in total. The van der Waals surface area contributed by atoms with Crippen LogP contribution >= 0.6 is 0 Å². The molecule has 0 spiro atoms. The third-order valence-corrected chi connectivity index (χ3v) is 2.97. The molecule has 2 aromatic rings. The monoisotopic (exact) mass is 292 g/mol. The number of rotatable bonds is 5. The predicted octanol–water partition coefficient (Wildman–Crippen LogP) is 5.01. The fourth-order valence-corrected chi connectivity index (χ4v) is 1.98. The van der Waals surface area contributed by atoms with E-state index < -0.39 is 18.3 Å². The minimum absolute atomic E-state index is 0.0961. The third kappa shape index (κ3) is 3.45. The molecule has 0 radical (unpaired) electrons. The van der Waals surface area contributed by atoms with E-state index in [1.165, 1.54) is 18.2 Å². The predicted molar refractivity (Wildman–Crippen MR) is 78.0 cm³/mol. The molecule has 0 heterocycles. The molecule has 21 heavy (non-hydrogen) atoms. The zero-order valence-corrected chi connectivity index (χ0v) is 11.6. The van der Waals surface area contributed by atoms with Gasteiger partial charge in [0.1, 0.15) is 6.67 Å². The SMILES string of the molecule is CCOc1ccc(-c2ccc(/C=C/CF)cc2)c(F)c1F. The number of allylic oxidation sites excluding steroid dienone is 1. The van der Waals surface area contributed by atoms with Gasteiger partial charge in [-0.3, -0.25) is 0 Å². The molecule has 2 aromatic carbocycles. The van der Waals surface area contributed by atoms with Crippen molar-refractivity contribution in [2.75, 3.05) is 13.3 Å². The summed E-state index contributed by atoms with van der Waals surface area (Å²) in [6, 6.07) is 9.65. The average Bonchev–Trinajstić information content (AvgIpc) is 2.51. The van der Waals surface area contributed by atoms with Crippen molar-refractivity contribution >= 4 is 6.08 Å². The van der Waals surface area contributed by atoms with E-state index in [1.807, 2.05) is 0 Å². The van der Waals surface area contributed by atoms with Crippen molar-refractivity contribution in [3.8, 4) is 16.9 Å². The van der Waals surface area contributed by atoms with Crippen LogP contribution in [0.2, 0.25) is 0 Å². The van der Waals surface area contributed by atoms with Crippen LogP contribution in [0.5, 0.6) is 5.75 Å². The zero-order valence-electron chi connectivity index (χ0n) is 11.6. The number of hydrogen-bond donors (Lipinski definition) is 0. The smallest absolute Gasteiger partial charge is 0.201 e. The molecular formula is C17H15F3O. The summed E-state index contributed by atoms with van der Waals surface area (Å²) >= 11 is 0. The number of benzene rings is 2. The van der Waals surface area contributed by atoms with Crippen LogP contribution in [0.15, 0.2) is 42.5 Å². The largest absolute Gasteiger partial charge is 0.491 e. The zero-order chi connectivity index (χ0) is 15.2. The molecule has 2 rings (SSSR count). The van der Waals surface area contributed by atoms with Gasteiger partial charge >= 0.3 is 0 Å². The standard InChI is InChI=1S/C17H15F3O/c1-2-21-15-10-9-14(16(19)17(15)20)13-7-5-12(6-8-13)4-3-11-18/h3-10H,2,11H2,1H3/b4-3+. The fraction of sp³-hybridized carbons (Fsp3) is 0.176. The van der Waals surface area contributed by atoms with Gasteiger partial charge < -0.3 is 4.74 Å². The van der Waals surface area contributed by atoms with Crippen LogP contribution in [0.3, 0.4) is 0 Å². The van der Waals surface area contributed by atoms with Crippen molar-refractivity contribution < 1.29 is 17.9 Å². The second kappa shape index (κ2) is 6.97. The van der Waals surface area contributed by atoms with Crippen molar-refractivity contribution in [3.63, 3.8) is 0 Å². The minimum atomic E-state index is -0.990. The van der Waals surface area contributed by atoms with E-state index in [1.54, 1.807) is 37.3 Å². The van der Waals surface area contributed by atoms with Crippen LogP contribution in [0.1, 0.15) is 12.5 Å². The molecule has 0 aliphatic carbocycles. The number of alkyl halides is 1. The summed E-state index contributed by atoms with van der Waals surface area (Å²) in [4.78, 5) is 0. The van der Waals surface area contributed by atoms with Crippen LogP contribution in [-0.2, 0) is 0 Å². The normalized spacial score (nSPS) is 11.0. The topological polar surface area (TPSA) is 9.23 Å². The number of hydrogen-bond acceptors (Lipinski definition) is 1. The van der Waals surface area contributed by atoms with Crippen LogP contribution in [0.4, 0.5) is 13.2 Å². The van der Waals surface area contributed by atoms with E-state index >= 15 is 0 Å². The number of halogens is 3. The molecule has 0 aliphatic rings. The summed E-state index contributed by atoms with van der Waals surface area (Å²) in [5.74, 6) is -2.02. The third-order valence-electron chi connectivity index (χ3n) is 2.97. The molecular weight excluding hydrogens is 277 g/mol. The molecule has 0 amide bonds. The van der Waals surface area contributed by atoms with Gasteiger partial charge in [0.25, 0.3) is 0 Å². The maximum atomic E-state index is 14.1. The van der Waals surface area contributed by atoms with Gasteiger partial charge in [-0.05, 0) is 30.2 Å². The first-order chi connectivity index (χ1) is 10.2. The molecule has 0 aromatic heterocycles. The Balaban J connectivity index is 2.34. The molecule has 110 valence electrons. The Morgan fingerprint density at radius 3 is 2.33 bits per heavy atom. The van der Waals surface area contributed by atoms with E-state index in [2.05, 4.69) is 0 Å². The Morgan fingerprint density at radius 2 is 1.71 bits per heavy atom. The maximum absolute atomic E-state index is 14.1. The van der Waals surface area contributed by atoms with Crippen molar-refractivity contribution in [1.82, 2.24) is 0 Å². The van der Waals surface area contributed by atoms with Crippen molar-refractivity contribution in [2.45, 2.75) is 6.92 Å². The quantitative estimate of drug-likeness (QED) is 0.752. The van der Waals surface area contributed by atoms with Crippen molar-refractivity contribution in [1.29, 1.82) is 0 Å². The average molecular weight is 292 g/mol. The second-order valence-electron chi connectivity index (χ2n) is 4.35. The number of ether oxygens (including phenoxy) is 1. The first kappa shape index (κ1) is 15.2. The summed E-state index contributed by atoms with van der Waals surface area (Å²) in [5, 5.41) is 0.